The van der Waals surface area contributed by atoms with Crippen molar-refractivity contribution in [2.24, 2.45) is 0 Å². The molecule has 1 heterocycles. The Balaban J connectivity index is 1.38. The second kappa shape index (κ2) is 12.2. The number of benzene rings is 1. The smallest absolute Gasteiger partial charge is 0.314 e. The van der Waals surface area contributed by atoms with Gasteiger partial charge >= 0.3 is 6.03 Å². The predicted octanol–water partition coefficient (Wildman–Crippen LogP) is 3.01. The first-order valence-corrected chi connectivity index (χ1v) is 11.3. The zero-order chi connectivity index (χ0) is 20.3. The molecule has 0 spiro atoms. The number of nitrogens with zero attached hydrogens (tertiary/aromatic N) is 2. The van der Waals surface area contributed by atoms with Crippen LogP contribution in [0.1, 0.15) is 50.1 Å². The number of hydrogen-bond acceptors (Lipinski definition) is 4. The number of morpholine rings is 1. The molecule has 2 fully saturated rings. The van der Waals surface area contributed by atoms with E-state index in [9.17, 15) is 4.79 Å². The van der Waals surface area contributed by atoms with E-state index < -0.39 is 0 Å². The first kappa shape index (κ1) is 22.1. The molecule has 29 heavy (non-hydrogen) atoms. The SMILES string of the molecule is CN(CCCNC(=O)NCC(c1ccccc1)N1CCOCC1)C1CCCCC1. The van der Waals surface area contributed by atoms with E-state index in [4.69, 9.17) is 4.74 Å². The Bertz CT molecular complexity index is 586. The van der Waals surface area contributed by atoms with Gasteiger partial charge in [0.15, 0.2) is 0 Å². The Morgan fingerprint density at radius 3 is 2.59 bits per heavy atom. The van der Waals surface area contributed by atoms with E-state index in [1.165, 1.54) is 37.7 Å². The molecule has 6 nitrogen and oxygen atoms in total. The molecule has 1 aromatic carbocycles. The summed E-state index contributed by atoms with van der Waals surface area (Å²) < 4.78 is 5.49. The van der Waals surface area contributed by atoms with Crippen molar-refractivity contribution < 1.29 is 9.53 Å². The summed E-state index contributed by atoms with van der Waals surface area (Å²) in [5, 5.41) is 6.11. The summed E-state index contributed by atoms with van der Waals surface area (Å²) in [7, 11) is 2.23. The van der Waals surface area contributed by atoms with Crippen LogP contribution in [0.2, 0.25) is 0 Å². The zero-order valence-corrected chi connectivity index (χ0v) is 17.9. The Morgan fingerprint density at radius 1 is 1.14 bits per heavy atom. The average molecular weight is 403 g/mol. The van der Waals surface area contributed by atoms with Crippen LogP contribution in [0.5, 0.6) is 0 Å². The van der Waals surface area contributed by atoms with Crippen molar-refractivity contribution in [2.45, 2.75) is 50.6 Å². The number of amides is 2. The third kappa shape index (κ3) is 7.28. The largest absolute Gasteiger partial charge is 0.379 e. The summed E-state index contributed by atoms with van der Waals surface area (Å²) >= 11 is 0. The number of urea groups is 1. The Hall–Kier alpha value is -1.63. The topological polar surface area (TPSA) is 56.8 Å². The molecule has 2 N–H and O–H groups in total. The molecule has 1 aliphatic carbocycles. The summed E-state index contributed by atoms with van der Waals surface area (Å²) in [6, 6.07) is 11.3. The minimum absolute atomic E-state index is 0.0699. The highest BCUT2D eigenvalue weighted by molar-refractivity contribution is 5.73. The van der Waals surface area contributed by atoms with Gasteiger partial charge in [-0.15, -0.1) is 0 Å². The van der Waals surface area contributed by atoms with Crippen molar-refractivity contribution in [3.63, 3.8) is 0 Å². The lowest BCUT2D eigenvalue weighted by Crippen LogP contribution is -2.46. The Labute approximate surface area is 176 Å². The van der Waals surface area contributed by atoms with E-state index >= 15 is 0 Å². The predicted molar refractivity (Wildman–Crippen MR) is 117 cm³/mol. The molecule has 0 bridgehead atoms. The molecule has 1 saturated carbocycles. The number of carbonyl (C=O) groups excluding carboxylic acids is 1. The first-order valence-electron chi connectivity index (χ1n) is 11.3. The molecule has 0 aromatic heterocycles. The van der Waals surface area contributed by atoms with Gasteiger partial charge in [0.1, 0.15) is 0 Å². The Morgan fingerprint density at radius 2 is 1.86 bits per heavy atom. The molecule has 1 unspecified atom stereocenters. The highest BCUT2D eigenvalue weighted by Crippen LogP contribution is 2.22. The number of carbonyl (C=O) groups is 1. The highest BCUT2D eigenvalue weighted by Gasteiger charge is 2.23. The second-order valence-corrected chi connectivity index (χ2v) is 8.34. The van der Waals surface area contributed by atoms with Crippen LogP contribution in [-0.4, -0.2) is 74.9 Å². The van der Waals surface area contributed by atoms with Crippen molar-refractivity contribution >= 4 is 6.03 Å². The molecule has 6 heteroatoms. The van der Waals surface area contributed by atoms with Gasteiger partial charge in [-0.25, -0.2) is 4.79 Å². The van der Waals surface area contributed by atoms with Crippen LogP contribution in [0.4, 0.5) is 4.79 Å². The fraction of sp³-hybridized carbons (Fsp3) is 0.696. The summed E-state index contributed by atoms with van der Waals surface area (Å²) in [5.74, 6) is 0. The van der Waals surface area contributed by atoms with Gasteiger partial charge in [0.2, 0.25) is 0 Å². The van der Waals surface area contributed by atoms with Crippen molar-refractivity contribution in [1.82, 2.24) is 20.4 Å². The van der Waals surface area contributed by atoms with E-state index in [0.717, 1.165) is 51.9 Å². The van der Waals surface area contributed by atoms with Gasteiger partial charge < -0.3 is 20.3 Å². The van der Waals surface area contributed by atoms with Gasteiger partial charge in [-0.1, -0.05) is 49.6 Å². The van der Waals surface area contributed by atoms with E-state index in [-0.39, 0.29) is 12.1 Å². The van der Waals surface area contributed by atoms with Gasteiger partial charge in [-0.3, -0.25) is 4.90 Å². The lowest BCUT2D eigenvalue weighted by atomic mass is 9.94. The molecule has 2 amide bonds. The molecule has 1 atom stereocenters. The number of rotatable bonds is 9. The minimum atomic E-state index is -0.0699. The molecule has 2 aliphatic rings. The Kier molecular flexibility index (Phi) is 9.25. The third-order valence-electron chi connectivity index (χ3n) is 6.30. The molecular weight excluding hydrogens is 364 g/mol. The van der Waals surface area contributed by atoms with Crippen LogP contribution in [0.3, 0.4) is 0 Å². The quantitative estimate of drug-likeness (QED) is 0.624. The number of nitrogens with one attached hydrogen (secondary N) is 2. The van der Waals surface area contributed by atoms with E-state index in [1.54, 1.807) is 0 Å². The zero-order valence-electron chi connectivity index (χ0n) is 17.9. The lowest BCUT2D eigenvalue weighted by Gasteiger charge is -2.35. The number of hydrogen-bond donors (Lipinski definition) is 2. The maximum absolute atomic E-state index is 12.3. The highest BCUT2D eigenvalue weighted by atomic mass is 16.5. The van der Waals surface area contributed by atoms with Gasteiger partial charge in [-0.2, -0.15) is 0 Å². The van der Waals surface area contributed by atoms with Crippen molar-refractivity contribution in [3.05, 3.63) is 35.9 Å². The minimum Gasteiger partial charge on any atom is -0.379 e. The van der Waals surface area contributed by atoms with Gasteiger partial charge in [0.25, 0.3) is 0 Å². The van der Waals surface area contributed by atoms with Gasteiger partial charge in [-0.05, 0) is 38.4 Å². The molecule has 0 radical (unpaired) electrons. The van der Waals surface area contributed by atoms with E-state index in [2.05, 4.69) is 51.7 Å². The van der Waals surface area contributed by atoms with Crippen LogP contribution < -0.4 is 10.6 Å². The van der Waals surface area contributed by atoms with Crippen LogP contribution in [0, 0.1) is 0 Å². The molecule has 162 valence electrons. The van der Waals surface area contributed by atoms with Crippen LogP contribution >= 0.6 is 0 Å². The first-order chi connectivity index (χ1) is 14.2. The lowest BCUT2D eigenvalue weighted by molar-refractivity contribution is 0.0167. The van der Waals surface area contributed by atoms with Gasteiger partial charge in [0, 0.05) is 32.2 Å². The summed E-state index contributed by atoms with van der Waals surface area (Å²) in [4.78, 5) is 17.2. The molecule has 1 saturated heterocycles. The van der Waals surface area contributed by atoms with Gasteiger partial charge in [0.05, 0.1) is 19.3 Å². The molecule has 1 aromatic rings. The second-order valence-electron chi connectivity index (χ2n) is 8.34. The fourth-order valence-corrected chi connectivity index (χ4v) is 4.51. The third-order valence-corrected chi connectivity index (χ3v) is 6.30. The maximum Gasteiger partial charge on any atom is 0.314 e. The fourth-order valence-electron chi connectivity index (χ4n) is 4.51. The van der Waals surface area contributed by atoms with E-state index in [0.29, 0.717) is 6.54 Å². The summed E-state index contributed by atoms with van der Waals surface area (Å²) in [6.07, 6.45) is 7.76. The summed E-state index contributed by atoms with van der Waals surface area (Å²) in [5.41, 5.74) is 1.24. The number of ether oxygens (including phenoxy) is 1. The molecule has 3 rings (SSSR count). The average Bonchev–Trinajstić information content (AvgIpc) is 2.79. The monoisotopic (exact) mass is 402 g/mol. The van der Waals surface area contributed by atoms with Crippen molar-refractivity contribution in [1.29, 1.82) is 0 Å². The standard InChI is InChI=1S/C23H38N4O2/c1-26(21-11-6-3-7-12-21)14-8-13-24-23(28)25-19-22(20-9-4-2-5-10-20)27-15-17-29-18-16-27/h2,4-5,9-10,21-22H,3,6-8,11-19H2,1H3,(H2,24,25,28). The van der Waals surface area contributed by atoms with Crippen LogP contribution in [0.15, 0.2) is 30.3 Å². The van der Waals surface area contributed by atoms with Crippen molar-refractivity contribution in [2.75, 3.05) is 53.0 Å². The van der Waals surface area contributed by atoms with E-state index in [1.807, 2.05) is 6.07 Å². The normalized spacial score (nSPS) is 19.8. The van der Waals surface area contributed by atoms with Crippen molar-refractivity contribution in [3.8, 4) is 0 Å². The van der Waals surface area contributed by atoms with Crippen LogP contribution in [-0.2, 0) is 4.74 Å². The van der Waals surface area contributed by atoms with Crippen LogP contribution in [0.25, 0.3) is 0 Å². The summed E-state index contributed by atoms with van der Waals surface area (Å²) in [6.45, 7) is 5.68. The molecule has 1 aliphatic heterocycles. The molecular formula is C23H38N4O2. The maximum atomic E-state index is 12.3.